The van der Waals surface area contributed by atoms with Crippen LogP contribution >= 0.6 is 11.8 Å². The highest BCUT2D eigenvalue weighted by atomic mass is 32.2. The Labute approximate surface area is 145 Å². The van der Waals surface area contributed by atoms with Crippen molar-refractivity contribution < 1.29 is 14.3 Å². The van der Waals surface area contributed by atoms with E-state index in [1.807, 2.05) is 36.4 Å². The largest absolute Gasteiger partial charge is 0.467 e. The summed E-state index contributed by atoms with van der Waals surface area (Å²) >= 11 is 1.51. The van der Waals surface area contributed by atoms with E-state index in [9.17, 15) is 9.59 Å². The van der Waals surface area contributed by atoms with E-state index in [0.29, 0.717) is 17.9 Å². The van der Waals surface area contributed by atoms with Gasteiger partial charge in [-0.05, 0) is 23.3 Å². The molecule has 2 aromatic rings. The Morgan fingerprint density at radius 3 is 2.88 bits per heavy atom. The lowest BCUT2D eigenvalue weighted by Crippen LogP contribution is -2.44. The van der Waals surface area contributed by atoms with Gasteiger partial charge in [-0.3, -0.25) is 14.7 Å². The molecule has 0 saturated heterocycles. The van der Waals surface area contributed by atoms with Crippen LogP contribution in [0.4, 0.5) is 5.69 Å². The van der Waals surface area contributed by atoms with Crippen molar-refractivity contribution in [3.63, 3.8) is 0 Å². The van der Waals surface area contributed by atoms with E-state index in [2.05, 4.69) is 4.98 Å². The maximum Gasteiger partial charge on any atom is 0.329 e. The van der Waals surface area contributed by atoms with Crippen molar-refractivity contribution in [1.82, 2.24) is 4.98 Å². The molecule has 0 spiro atoms. The van der Waals surface area contributed by atoms with Crippen LogP contribution < -0.4 is 4.90 Å². The molecule has 1 atom stereocenters. The third-order valence-corrected chi connectivity index (χ3v) is 4.92. The van der Waals surface area contributed by atoms with Gasteiger partial charge in [0.25, 0.3) is 0 Å². The molecule has 0 N–H and O–H groups in total. The highest BCUT2D eigenvalue weighted by Crippen LogP contribution is 2.33. The molecule has 2 heterocycles. The van der Waals surface area contributed by atoms with Gasteiger partial charge in [0.2, 0.25) is 5.91 Å². The molecule has 1 unspecified atom stereocenters. The molecule has 3 rings (SSSR count). The van der Waals surface area contributed by atoms with E-state index >= 15 is 0 Å². The number of fused-ring (bicyclic) bond motifs is 1. The number of carbonyl (C=O) groups is 2. The summed E-state index contributed by atoms with van der Waals surface area (Å²) in [4.78, 5) is 30.4. The predicted octanol–water partition coefficient (Wildman–Crippen LogP) is 2.45. The number of ether oxygens (including phenoxy) is 1. The summed E-state index contributed by atoms with van der Waals surface area (Å²) in [7, 11) is 1.35. The van der Waals surface area contributed by atoms with Gasteiger partial charge in [-0.2, -0.15) is 0 Å². The number of hydrogen-bond donors (Lipinski definition) is 0. The summed E-state index contributed by atoms with van der Waals surface area (Å²) < 4.78 is 4.87. The number of aromatic nitrogens is 1. The zero-order chi connectivity index (χ0) is 16.9. The topological polar surface area (TPSA) is 59.5 Å². The number of amides is 1. The highest BCUT2D eigenvalue weighted by molar-refractivity contribution is 7.99. The number of para-hydroxylation sites is 1. The van der Waals surface area contributed by atoms with Gasteiger partial charge in [0.15, 0.2) is 0 Å². The molecule has 1 aliphatic heterocycles. The standard InChI is InChI=1S/C18H18N2O3S/c1-23-18(22)16-9-14-6-2-3-7-15(14)20(16)17(21)12-24-11-13-5-4-8-19-10-13/h2-8,10,16H,9,11-12H2,1H3. The Morgan fingerprint density at radius 1 is 1.29 bits per heavy atom. The SMILES string of the molecule is COC(=O)C1Cc2ccccc2N1C(=O)CSCc1cccnc1. The lowest BCUT2D eigenvalue weighted by molar-refractivity contribution is -0.143. The summed E-state index contributed by atoms with van der Waals surface area (Å²) in [5.74, 6) is 0.551. The Hall–Kier alpha value is -2.34. The molecule has 0 fully saturated rings. The zero-order valence-corrected chi connectivity index (χ0v) is 14.2. The number of thioether (sulfide) groups is 1. The van der Waals surface area contributed by atoms with Crippen LogP contribution in [0.25, 0.3) is 0 Å². The quantitative estimate of drug-likeness (QED) is 0.781. The molecule has 0 bridgehead atoms. The van der Waals surface area contributed by atoms with Crippen LogP contribution in [0.15, 0.2) is 48.8 Å². The molecule has 5 nitrogen and oxygen atoms in total. The van der Waals surface area contributed by atoms with E-state index < -0.39 is 6.04 Å². The molecule has 0 aliphatic carbocycles. The Balaban J connectivity index is 1.70. The van der Waals surface area contributed by atoms with Gasteiger partial charge in [0.1, 0.15) is 6.04 Å². The first-order valence-corrected chi connectivity index (χ1v) is 8.80. The van der Waals surface area contributed by atoms with Gasteiger partial charge in [0.05, 0.1) is 12.9 Å². The molecule has 124 valence electrons. The molecule has 1 amide bonds. The van der Waals surface area contributed by atoms with Crippen molar-refractivity contribution in [3.8, 4) is 0 Å². The molecule has 24 heavy (non-hydrogen) atoms. The molecule has 0 saturated carbocycles. The maximum atomic E-state index is 12.7. The van der Waals surface area contributed by atoms with Crippen LogP contribution in [0.5, 0.6) is 0 Å². The molecule has 1 aromatic carbocycles. The van der Waals surface area contributed by atoms with Gasteiger partial charge in [0, 0.05) is 30.3 Å². The van der Waals surface area contributed by atoms with Gasteiger partial charge in [-0.1, -0.05) is 24.3 Å². The number of methoxy groups -OCH3 is 1. The van der Waals surface area contributed by atoms with Gasteiger partial charge >= 0.3 is 5.97 Å². The van der Waals surface area contributed by atoms with Gasteiger partial charge in [-0.15, -0.1) is 11.8 Å². The lowest BCUT2D eigenvalue weighted by Gasteiger charge is -2.23. The minimum atomic E-state index is -0.570. The molecule has 1 aromatic heterocycles. The predicted molar refractivity (Wildman–Crippen MR) is 93.8 cm³/mol. The number of benzene rings is 1. The second kappa shape index (κ2) is 7.49. The number of esters is 1. The van der Waals surface area contributed by atoms with Crippen LogP contribution in [-0.4, -0.2) is 35.8 Å². The molecule has 6 heteroatoms. The van der Waals surface area contributed by atoms with Crippen LogP contribution in [-0.2, 0) is 26.5 Å². The van der Waals surface area contributed by atoms with Crippen molar-refractivity contribution in [2.24, 2.45) is 0 Å². The van der Waals surface area contributed by atoms with Crippen molar-refractivity contribution in [3.05, 3.63) is 59.9 Å². The number of rotatable bonds is 5. The molecule has 1 aliphatic rings. The zero-order valence-electron chi connectivity index (χ0n) is 13.3. The third kappa shape index (κ3) is 3.43. The van der Waals surface area contributed by atoms with Crippen LogP contribution in [0.2, 0.25) is 0 Å². The van der Waals surface area contributed by atoms with Crippen molar-refractivity contribution >= 4 is 29.3 Å². The van der Waals surface area contributed by atoms with Crippen molar-refractivity contribution in [2.75, 3.05) is 17.8 Å². The van der Waals surface area contributed by atoms with E-state index in [-0.39, 0.29) is 11.9 Å². The number of anilines is 1. The minimum Gasteiger partial charge on any atom is -0.467 e. The second-order valence-corrected chi connectivity index (χ2v) is 6.48. The summed E-state index contributed by atoms with van der Waals surface area (Å²) in [6.45, 7) is 0. The minimum absolute atomic E-state index is 0.0794. The molecular weight excluding hydrogens is 324 g/mol. The third-order valence-electron chi connectivity index (χ3n) is 3.94. The van der Waals surface area contributed by atoms with Gasteiger partial charge < -0.3 is 4.74 Å². The van der Waals surface area contributed by atoms with Crippen LogP contribution in [0, 0.1) is 0 Å². The Kier molecular flexibility index (Phi) is 5.15. The lowest BCUT2D eigenvalue weighted by atomic mass is 10.1. The Morgan fingerprint density at radius 2 is 2.12 bits per heavy atom. The summed E-state index contributed by atoms with van der Waals surface area (Å²) in [5.41, 5.74) is 2.88. The average Bonchev–Trinajstić information content (AvgIpc) is 3.01. The van der Waals surface area contributed by atoms with E-state index in [4.69, 9.17) is 4.74 Å². The van der Waals surface area contributed by atoms with Crippen molar-refractivity contribution in [2.45, 2.75) is 18.2 Å². The molecular formula is C18H18N2O3S. The highest BCUT2D eigenvalue weighted by Gasteiger charge is 2.38. The Bertz CT molecular complexity index is 736. The molecule has 0 radical (unpaired) electrons. The smallest absolute Gasteiger partial charge is 0.329 e. The number of nitrogens with zero attached hydrogens (tertiary/aromatic N) is 2. The summed E-state index contributed by atoms with van der Waals surface area (Å²) in [6, 6.07) is 10.9. The van der Waals surface area contributed by atoms with E-state index in [1.165, 1.54) is 18.9 Å². The number of hydrogen-bond acceptors (Lipinski definition) is 5. The fourth-order valence-electron chi connectivity index (χ4n) is 2.83. The second-order valence-electron chi connectivity index (χ2n) is 5.49. The summed E-state index contributed by atoms with van der Waals surface area (Å²) in [6.07, 6.45) is 4.02. The van der Waals surface area contributed by atoms with Gasteiger partial charge in [-0.25, -0.2) is 4.79 Å². The van der Waals surface area contributed by atoms with Crippen LogP contribution in [0.1, 0.15) is 11.1 Å². The average molecular weight is 342 g/mol. The van der Waals surface area contributed by atoms with E-state index in [0.717, 1.165) is 16.8 Å². The van der Waals surface area contributed by atoms with E-state index in [1.54, 1.807) is 17.3 Å². The monoisotopic (exact) mass is 342 g/mol. The van der Waals surface area contributed by atoms with Crippen LogP contribution in [0.3, 0.4) is 0 Å². The normalized spacial score (nSPS) is 15.9. The summed E-state index contributed by atoms with van der Waals surface area (Å²) in [5, 5.41) is 0. The maximum absolute atomic E-state index is 12.7. The first-order chi connectivity index (χ1) is 11.7. The fraction of sp³-hybridized carbons (Fsp3) is 0.278. The van der Waals surface area contributed by atoms with Crippen molar-refractivity contribution in [1.29, 1.82) is 0 Å². The number of carbonyl (C=O) groups excluding carboxylic acids is 2. The number of pyridine rings is 1. The first-order valence-electron chi connectivity index (χ1n) is 7.65. The fourth-order valence-corrected chi connectivity index (χ4v) is 3.65. The first kappa shape index (κ1) is 16.5.